The van der Waals surface area contributed by atoms with Crippen molar-refractivity contribution in [3.05, 3.63) is 0 Å². The smallest absolute Gasteiger partial charge is 0.422 e. The number of amides is 1. The second-order valence-corrected chi connectivity index (χ2v) is 5.85. The fourth-order valence-electron chi connectivity index (χ4n) is 1.31. The number of carboxylic acids is 1. The van der Waals surface area contributed by atoms with Crippen molar-refractivity contribution >= 4 is 22.3 Å². The first-order valence-electron chi connectivity index (χ1n) is 5.44. The standard InChI is InChI=1S/C9H16N2O6S/c1-6(2)17-9(14)10-18(15,16)11(5-8(12)13)7-3-4-7/h6-7H,3-5H2,1-2H3,(H,10,14)(H,12,13). The maximum absolute atomic E-state index is 11.8. The van der Waals surface area contributed by atoms with Crippen LogP contribution in [0, 0.1) is 0 Å². The molecule has 0 radical (unpaired) electrons. The van der Waals surface area contributed by atoms with E-state index in [4.69, 9.17) is 5.11 Å². The Hall–Kier alpha value is -1.35. The molecule has 0 aromatic carbocycles. The molecule has 9 heteroatoms. The summed E-state index contributed by atoms with van der Waals surface area (Å²) in [5.41, 5.74) is 0. The number of hydrogen-bond acceptors (Lipinski definition) is 5. The third kappa shape index (κ3) is 4.49. The van der Waals surface area contributed by atoms with Crippen molar-refractivity contribution in [2.24, 2.45) is 0 Å². The summed E-state index contributed by atoms with van der Waals surface area (Å²) in [4.78, 5) is 21.8. The lowest BCUT2D eigenvalue weighted by molar-refractivity contribution is -0.137. The fourth-order valence-corrected chi connectivity index (χ4v) is 2.57. The van der Waals surface area contributed by atoms with Crippen LogP contribution in [0.5, 0.6) is 0 Å². The van der Waals surface area contributed by atoms with Crippen LogP contribution in [0.2, 0.25) is 0 Å². The van der Waals surface area contributed by atoms with Crippen LogP contribution >= 0.6 is 0 Å². The van der Waals surface area contributed by atoms with Gasteiger partial charge in [-0.15, -0.1) is 0 Å². The van der Waals surface area contributed by atoms with Crippen molar-refractivity contribution in [1.29, 1.82) is 0 Å². The van der Waals surface area contributed by atoms with E-state index in [2.05, 4.69) is 4.74 Å². The van der Waals surface area contributed by atoms with Crippen molar-refractivity contribution in [2.75, 3.05) is 6.54 Å². The van der Waals surface area contributed by atoms with Gasteiger partial charge in [0.15, 0.2) is 0 Å². The summed E-state index contributed by atoms with van der Waals surface area (Å²) in [5.74, 6) is -1.27. The van der Waals surface area contributed by atoms with Crippen molar-refractivity contribution in [3.63, 3.8) is 0 Å². The fraction of sp³-hybridized carbons (Fsp3) is 0.778. The van der Waals surface area contributed by atoms with E-state index in [0.29, 0.717) is 12.8 Å². The van der Waals surface area contributed by atoms with Crippen LogP contribution in [0.15, 0.2) is 0 Å². The lowest BCUT2D eigenvalue weighted by Gasteiger charge is -2.20. The van der Waals surface area contributed by atoms with E-state index in [1.54, 1.807) is 18.6 Å². The van der Waals surface area contributed by atoms with Gasteiger partial charge >= 0.3 is 22.3 Å². The Morgan fingerprint density at radius 3 is 2.39 bits per heavy atom. The van der Waals surface area contributed by atoms with Crippen molar-refractivity contribution in [1.82, 2.24) is 9.03 Å². The first-order valence-corrected chi connectivity index (χ1v) is 6.88. The van der Waals surface area contributed by atoms with Crippen LogP contribution in [0.4, 0.5) is 4.79 Å². The number of carboxylic acid groups (broad SMARTS) is 1. The molecule has 0 atom stereocenters. The largest absolute Gasteiger partial charge is 0.480 e. The Bertz CT molecular complexity index is 428. The molecule has 0 bridgehead atoms. The average molecular weight is 280 g/mol. The topological polar surface area (TPSA) is 113 Å². The van der Waals surface area contributed by atoms with Gasteiger partial charge in [-0.1, -0.05) is 0 Å². The van der Waals surface area contributed by atoms with Gasteiger partial charge in [0.25, 0.3) is 0 Å². The summed E-state index contributed by atoms with van der Waals surface area (Å²) in [7, 11) is -4.17. The van der Waals surface area contributed by atoms with Crippen LogP contribution < -0.4 is 4.72 Å². The molecule has 1 saturated carbocycles. The molecule has 104 valence electrons. The average Bonchev–Trinajstić information content (AvgIpc) is 2.93. The number of carbonyl (C=O) groups excluding carboxylic acids is 1. The minimum atomic E-state index is -4.17. The Balaban J connectivity index is 2.70. The Labute approximate surface area is 105 Å². The molecule has 18 heavy (non-hydrogen) atoms. The number of ether oxygens (including phenoxy) is 1. The third-order valence-corrected chi connectivity index (χ3v) is 3.58. The van der Waals surface area contributed by atoms with Crippen molar-refractivity contribution < 1.29 is 27.9 Å². The molecule has 0 aromatic heterocycles. The van der Waals surface area contributed by atoms with Gasteiger partial charge in [0.1, 0.15) is 6.54 Å². The lowest BCUT2D eigenvalue weighted by atomic mass is 10.5. The second kappa shape index (κ2) is 5.53. The SMILES string of the molecule is CC(C)OC(=O)NS(=O)(=O)N(CC(=O)O)C1CC1. The molecule has 0 spiro atoms. The first kappa shape index (κ1) is 14.7. The molecule has 0 aliphatic heterocycles. The van der Waals surface area contributed by atoms with Gasteiger partial charge in [0.2, 0.25) is 0 Å². The number of carbonyl (C=O) groups is 2. The van der Waals surface area contributed by atoms with Crippen LogP contribution in [-0.4, -0.2) is 48.6 Å². The van der Waals surface area contributed by atoms with E-state index in [1.807, 2.05) is 0 Å². The maximum Gasteiger partial charge on any atom is 0.422 e. The molecule has 8 nitrogen and oxygen atoms in total. The molecule has 1 fully saturated rings. The summed E-state index contributed by atoms with van der Waals surface area (Å²) in [6.07, 6.45) is -0.393. The van der Waals surface area contributed by atoms with E-state index in [1.165, 1.54) is 0 Å². The molecule has 1 aliphatic rings. The van der Waals surface area contributed by atoms with Gasteiger partial charge in [-0.05, 0) is 26.7 Å². The second-order valence-electron chi connectivity index (χ2n) is 4.23. The normalized spacial score (nSPS) is 15.8. The highest BCUT2D eigenvalue weighted by Gasteiger charge is 2.39. The Morgan fingerprint density at radius 2 is 2.00 bits per heavy atom. The highest BCUT2D eigenvalue weighted by Crippen LogP contribution is 2.28. The van der Waals surface area contributed by atoms with Gasteiger partial charge in [-0.2, -0.15) is 12.7 Å². The number of nitrogens with one attached hydrogen (secondary N) is 1. The zero-order valence-electron chi connectivity index (χ0n) is 10.1. The monoisotopic (exact) mass is 280 g/mol. The van der Waals surface area contributed by atoms with Gasteiger partial charge in [-0.25, -0.2) is 9.52 Å². The highest BCUT2D eigenvalue weighted by atomic mass is 32.2. The summed E-state index contributed by atoms with van der Waals surface area (Å²) < 4.78 is 30.7. The molecule has 2 N–H and O–H groups in total. The summed E-state index contributed by atoms with van der Waals surface area (Å²) in [5, 5.41) is 8.65. The highest BCUT2D eigenvalue weighted by molar-refractivity contribution is 7.87. The molecule has 0 heterocycles. The van der Waals surface area contributed by atoms with Gasteiger partial charge in [0, 0.05) is 6.04 Å². The van der Waals surface area contributed by atoms with E-state index in [-0.39, 0.29) is 6.04 Å². The van der Waals surface area contributed by atoms with Crippen molar-refractivity contribution in [2.45, 2.75) is 38.8 Å². The van der Waals surface area contributed by atoms with Gasteiger partial charge < -0.3 is 9.84 Å². The summed E-state index contributed by atoms with van der Waals surface area (Å²) in [6, 6.07) is -0.356. The first-order chi connectivity index (χ1) is 8.22. The number of rotatable bonds is 6. The van der Waals surface area contributed by atoms with Crippen molar-refractivity contribution in [3.8, 4) is 0 Å². The van der Waals surface area contributed by atoms with E-state index < -0.39 is 34.9 Å². The number of aliphatic carboxylic acids is 1. The van der Waals surface area contributed by atoms with Crippen LogP contribution in [0.1, 0.15) is 26.7 Å². The van der Waals surface area contributed by atoms with E-state index in [9.17, 15) is 18.0 Å². The Kier molecular flexibility index (Phi) is 4.52. The Morgan fingerprint density at radius 1 is 1.44 bits per heavy atom. The summed E-state index contributed by atoms with van der Waals surface area (Å²) >= 11 is 0. The zero-order chi connectivity index (χ0) is 13.9. The van der Waals surface area contributed by atoms with Crippen LogP contribution in [0.3, 0.4) is 0 Å². The van der Waals surface area contributed by atoms with E-state index in [0.717, 1.165) is 4.31 Å². The molecule has 0 unspecified atom stereocenters. The van der Waals surface area contributed by atoms with Gasteiger partial charge in [0.05, 0.1) is 6.10 Å². The number of hydrogen-bond donors (Lipinski definition) is 2. The molecule has 0 saturated heterocycles. The van der Waals surface area contributed by atoms with Crippen LogP contribution in [0.25, 0.3) is 0 Å². The third-order valence-electron chi connectivity index (χ3n) is 2.11. The van der Waals surface area contributed by atoms with Crippen LogP contribution in [-0.2, 0) is 19.7 Å². The predicted octanol–water partition coefficient (Wildman–Crippen LogP) is -0.0852. The minimum absolute atomic E-state index is 0.356. The van der Waals surface area contributed by atoms with Gasteiger partial charge in [-0.3, -0.25) is 4.79 Å². The number of nitrogens with zero attached hydrogens (tertiary/aromatic N) is 1. The predicted molar refractivity (Wildman–Crippen MR) is 61.0 cm³/mol. The van der Waals surface area contributed by atoms with E-state index >= 15 is 0 Å². The zero-order valence-corrected chi connectivity index (χ0v) is 10.9. The molecule has 1 amide bonds. The lowest BCUT2D eigenvalue weighted by Crippen LogP contribution is -2.47. The quantitative estimate of drug-likeness (QED) is 0.703. The molecule has 0 aromatic rings. The maximum atomic E-state index is 11.8. The summed E-state index contributed by atoms with van der Waals surface area (Å²) in [6.45, 7) is 2.47. The molecular formula is C9H16N2O6S. The molecule has 1 aliphatic carbocycles. The minimum Gasteiger partial charge on any atom is -0.480 e. The molecular weight excluding hydrogens is 264 g/mol. The molecule has 1 rings (SSSR count).